The quantitative estimate of drug-likeness (QED) is 0.641. The van der Waals surface area contributed by atoms with Crippen LogP contribution in [0.1, 0.15) is 27.6 Å². The van der Waals surface area contributed by atoms with Crippen molar-refractivity contribution in [2.75, 3.05) is 24.4 Å². The lowest BCUT2D eigenvalue weighted by molar-refractivity contribution is 0.101. The first-order valence-corrected chi connectivity index (χ1v) is 9.04. The summed E-state index contributed by atoms with van der Waals surface area (Å²) in [5, 5.41) is 9.66. The minimum absolute atomic E-state index is 0.244. The highest BCUT2D eigenvalue weighted by atomic mass is 16.5. The van der Waals surface area contributed by atoms with Gasteiger partial charge in [0.1, 0.15) is 11.3 Å². The molecule has 0 aliphatic carbocycles. The third-order valence-corrected chi connectivity index (χ3v) is 4.07. The molecule has 0 aliphatic rings. The van der Waals surface area contributed by atoms with Crippen LogP contribution in [0.5, 0.6) is 11.6 Å². The topological polar surface area (TPSA) is 94.5 Å². The molecule has 0 aliphatic heterocycles. The average Bonchev–Trinajstić information content (AvgIpc) is 3.11. The maximum Gasteiger partial charge on any atom is 0.262 e. The van der Waals surface area contributed by atoms with Crippen molar-refractivity contribution in [1.82, 2.24) is 9.78 Å². The van der Waals surface area contributed by atoms with E-state index in [1.165, 1.54) is 11.8 Å². The molecule has 0 spiro atoms. The molecule has 0 radical (unpaired) electrons. The molecule has 3 aromatic rings. The molecule has 1 heterocycles. The minimum Gasteiger partial charge on any atom is -0.492 e. The zero-order chi connectivity index (χ0) is 20.8. The highest BCUT2D eigenvalue weighted by molar-refractivity contribution is 6.07. The van der Waals surface area contributed by atoms with Gasteiger partial charge in [-0.2, -0.15) is 0 Å². The molecule has 29 heavy (non-hydrogen) atoms. The molecule has 2 amide bonds. The summed E-state index contributed by atoms with van der Waals surface area (Å²) in [4.78, 5) is 25.0. The summed E-state index contributed by atoms with van der Waals surface area (Å²) >= 11 is 0. The van der Waals surface area contributed by atoms with Gasteiger partial charge in [-0.15, -0.1) is 5.10 Å². The number of hydrogen-bond donors (Lipinski definition) is 2. The van der Waals surface area contributed by atoms with Gasteiger partial charge in [0.2, 0.25) is 5.88 Å². The Morgan fingerprint density at radius 2 is 1.76 bits per heavy atom. The normalized spacial score (nSPS) is 10.3. The lowest BCUT2D eigenvalue weighted by Crippen LogP contribution is -2.14. The number of benzene rings is 2. The van der Waals surface area contributed by atoms with E-state index in [1.807, 2.05) is 19.1 Å². The van der Waals surface area contributed by atoms with Crippen LogP contribution in [0, 0.1) is 0 Å². The molecule has 3 rings (SSSR count). The molecule has 2 aromatic carbocycles. The number of amides is 2. The molecule has 0 unspecified atom stereocenters. The second kappa shape index (κ2) is 8.92. The first-order valence-electron chi connectivity index (χ1n) is 9.04. The van der Waals surface area contributed by atoms with Crippen LogP contribution in [0.3, 0.4) is 0 Å². The Balaban J connectivity index is 1.68. The van der Waals surface area contributed by atoms with Crippen LogP contribution in [0.2, 0.25) is 0 Å². The Morgan fingerprint density at radius 1 is 1.03 bits per heavy atom. The van der Waals surface area contributed by atoms with Gasteiger partial charge < -0.3 is 20.1 Å². The van der Waals surface area contributed by atoms with E-state index in [1.54, 1.807) is 49.6 Å². The summed E-state index contributed by atoms with van der Waals surface area (Å²) in [5.74, 6) is 0.230. The van der Waals surface area contributed by atoms with Gasteiger partial charge in [-0.25, -0.2) is 0 Å². The van der Waals surface area contributed by atoms with E-state index in [2.05, 4.69) is 15.7 Å². The van der Waals surface area contributed by atoms with Crippen molar-refractivity contribution in [3.63, 3.8) is 0 Å². The Bertz CT molecular complexity index is 1010. The molecule has 0 atom stereocenters. The molecule has 0 bridgehead atoms. The van der Waals surface area contributed by atoms with Crippen LogP contribution < -0.4 is 20.1 Å². The number of ether oxygens (including phenoxy) is 2. The van der Waals surface area contributed by atoms with Gasteiger partial charge in [0.25, 0.3) is 11.8 Å². The van der Waals surface area contributed by atoms with E-state index in [0.717, 1.165) is 0 Å². The number of carbonyl (C=O) groups is 2. The summed E-state index contributed by atoms with van der Waals surface area (Å²) in [6.07, 6.45) is 1.58. The van der Waals surface area contributed by atoms with E-state index in [4.69, 9.17) is 9.47 Å². The largest absolute Gasteiger partial charge is 0.492 e. The van der Waals surface area contributed by atoms with E-state index < -0.39 is 0 Å². The minimum atomic E-state index is -0.349. The smallest absolute Gasteiger partial charge is 0.262 e. The van der Waals surface area contributed by atoms with Gasteiger partial charge in [-0.3, -0.25) is 14.3 Å². The van der Waals surface area contributed by atoms with Crippen LogP contribution >= 0.6 is 0 Å². The lowest BCUT2D eigenvalue weighted by Gasteiger charge is -2.11. The summed E-state index contributed by atoms with van der Waals surface area (Å²) in [7, 11) is 3.16. The number of para-hydroxylation sites is 2. The molecular weight excluding hydrogens is 372 g/mol. The third-order valence-electron chi connectivity index (χ3n) is 4.07. The van der Waals surface area contributed by atoms with Crippen LogP contribution in [0.25, 0.3) is 0 Å². The van der Waals surface area contributed by atoms with Crippen molar-refractivity contribution >= 4 is 23.2 Å². The molecule has 0 fully saturated rings. The molecular formula is C21H22N4O4. The first-order chi connectivity index (χ1) is 14.0. The monoisotopic (exact) mass is 394 g/mol. The molecule has 8 nitrogen and oxygen atoms in total. The first kappa shape index (κ1) is 19.9. The Hall–Kier alpha value is -3.81. The number of aromatic nitrogens is 2. The zero-order valence-corrected chi connectivity index (χ0v) is 16.4. The van der Waals surface area contributed by atoms with Gasteiger partial charge >= 0.3 is 0 Å². The highest BCUT2D eigenvalue weighted by Crippen LogP contribution is 2.24. The number of nitrogens with zero attached hydrogens (tertiary/aromatic N) is 2. The Labute approximate surface area is 168 Å². The number of carbonyl (C=O) groups excluding carboxylic acids is 2. The maximum atomic E-state index is 12.5. The van der Waals surface area contributed by atoms with E-state index >= 15 is 0 Å². The zero-order valence-electron chi connectivity index (χ0n) is 16.4. The SMILES string of the molecule is CCOc1ccccc1NC(=O)c1ccc(NC(=O)c2cn(C)nc2OC)cc1. The van der Waals surface area contributed by atoms with Crippen LogP contribution in [-0.4, -0.2) is 35.3 Å². The fourth-order valence-corrected chi connectivity index (χ4v) is 2.72. The molecule has 0 saturated heterocycles. The van der Waals surface area contributed by atoms with Gasteiger partial charge in [-0.1, -0.05) is 12.1 Å². The van der Waals surface area contributed by atoms with Crippen molar-refractivity contribution in [1.29, 1.82) is 0 Å². The standard InChI is InChI=1S/C21H22N4O4/c1-4-29-18-8-6-5-7-17(18)23-19(26)14-9-11-15(12-10-14)22-20(27)16-13-25(2)24-21(16)28-3/h5-13H,4H2,1-3H3,(H,22,27)(H,23,26). The predicted octanol–water partition coefficient (Wildman–Crippen LogP) is 3.33. The van der Waals surface area contributed by atoms with Crippen LogP contribution in [-0.2, 0) is 7.05 Å². The van der Waals surface area contributed by atoms with Gasteiger partial charge in [0, 0.05) is 24.5 Å². The number of aryl methyl sites for hydroxylation is 1. The van der Waals surface area contributed by atoms with Crippen LogP contribution in [0.4, 0.5) is 11.4 Å². The van der Waals surface area contributed by atoms with Crippen molar-refractivity contribution in [2.45, 2.75) is 6.92 Å². The van der Waals surface area contributed by atoms with Crippen molar-refractivity contribution in [3.05, 3.63) is 65.9 Å². The molecule has 2 N–H and O–H groups in total. The number of methoxy groups -OCH3 is 1. The average molecular weight is 394 g/mol. The summed E-state index contributed by atoms with van der Waals surface area (Å²) in [6, 6.07) is 13.8. The van der Waals surface area contributed by atoms with E-state index in [-0.39, 0.29) is 17.7 Å². The van der Waals surface area contributed by atoms with E-state index in [9.17, 15) is 9.59 Å². The van der Waals surface area contributed by atoms with Crippen molar-refractivity contribution < 1.29 is 19.1 Å². The van der Waals surface area contributed by atoms with Gasteiger partial charge in [0.05, 0.1) is 19.4 Å². The molecule has 8 heteroatoms. The molecule has 0 saturated carbocycles. The number of rotatable bonds is 7. The van der Waals surface area contributed by atoms with Gasteiger partial charge in [0.15, 0.2) is 0 Å². The van der Waals surface area contributed by atoms with Crippen LogP contribution in [0.15, 0.2) is 54.7 Å². The van der Waals surface area contributed by atoms with Gasteiger partial charge in [-0.05, 0) is 43.3 Å². The second-order valence-electron chi connectivity index (χ2n) is 6.14. The lowest BCUT2D eigenvalue weighted by atomic mass is 10.1. The van der Waals surface area contributed by atoms with Crippen molar-refractivity contribution in [2.24, 2.45) is 7.05 Å². The second-order valence-corrected chi connectivity index (χ2v) is 6.14. The summed E-state index contributed by atoms with van der Waals surface area (Å²) in [5.41, 5.74) is 1.92. The third kappa shape index (κ3) is 4.73. The Kier molecular flexibility index (Phi) is 6.13. The molecule has 150 valence electrons. The van der Waals surface area contributed by atoms with Crippen molar-refractivity contribution in [3.8, 4) is 11.6 Å². The summed E-state index contributed by atoms with van der Waals surface area (Å²) < 4.78 is 12.1. The fourth-order valence-electron chi connectivity index (χ4n) is 2.72. The Morgan fingerprint density at radius 3 is 2.45 bits per heavy atom. The number of anilines is 2. The number of hydrogen-bond acceptors (Lipinski definition) is 5. The summed E-state index contributed by atoms with van der Waals surface area (Å²) in [6.45, 7) is 2.38. The predicted molar refractivity (Wildman–Crippen MR) is 110 cm³/mol. The fraction of sp³-hybridized carbons (Fsp3) is 0.190. The number of nitrogens with one attached hydrogen (secondary N) is 2. The highest BCUT2D eigenvalue weighted by Gasteiger charge is 2.17. The van der Waals surface area contributed by atoms with E-state index in [0.29, 0.717) is 34.9 Å². The maximum absolute atomic E-state index is 12.5. The molecule has 1 aromatic heterocycles.